The van der Waals surface area contributed by atoms with Gasteiger partial charge in [0, 0.05) is 10.4 Å². The zero-order valence-corrected chi connectivity index (χ0v) is 19.1. The van der Waals surface area contributed by atoms with E-state index in [2.05, 4.69) is 107 Å². The summed E-state index contributed by atoms with van der Waals surface area (Å²) in [6.07, 6.45) is 2.39. The van der Waals surface area contributed by atoms with E-state index in [0.29, 0.717) is 0 Å². The lowest BCUT2D eigenvalue weighted by molar-refractivity contribution is 0.717. The van der Waals surface area contributed by atoms with Crippen molar-refractivity contribution in [1.29, 1.82) is 0 Å². The van der Waals surface area contributed by atoms with E-state index in [-0.39, 0.29) is 5.41 Å². The lowest BCUT2D eigenvalue weighted by Crippen LogP contribution is -2.31. The molecule has 0 nitrogen and oxygen atoms in total. The van der Waals surface area contributed by atoms with Crippen molar-refractivity contribution in [3.63, 3.8) is 0 Å². The molecule has 146 valence electrons. The molecule has 1 atom stereocenters. The van der Waals surface area contributed by atoms with Crippen LogP contribution in [0.25, 0.3) is 0 Å². The molecule has 3 aromatic carbocycles. The fourth-order valence-electron chi connectivity index (χ4n) is 4.39. The van der Waals surface area contributed by atoms with E-state index in [4.69, 9.17) is 11.6 Å². The monoisotopic (exact) mass is 416 g/mol. The molecule has 0 amide bonds. The first-order chi connectivity index (χ1) is 13.9. The van der Waals surface area contributed by atoms with E-state index in [1.807, 2.05) is 6.07 Å². The quantitative estimate of drug-likeness (QED) is 0.417. The number of allylic oxidation sites excluding steroid dienone is 4. The van der Waals surface area contributed by atoms with Crippen molar-refractivity contribution in [1.82, 2.24) is 0 Å². The van der Waals surface area contributed by atoms with E-state index >= 15 is 0 Å². The summed E-state index contributed by atoms with van der Waals surface area (Å²) in [7, 11) is -0.715. The van der Waals surface area contributed by atoms with Crippen LogP contribution in [0.4, 0.5) is 0 Å². The minimum Gasteiger partial charge on any atom is -0.0840 e. The second kappa shape index (κ2) is 7.94. The Hall–Kier alpha value is -2.14. The van der Waals surface area contributed by atoms with Gasteiger partial charge < -0.3 is 0 Å². The lowest BCUT2D eigenvalue weighted by Gasteiger charge is -2.32. The zero-order chi connectivity index (χ0) is 20.6. The molecule has 3 aromatic rings. The number of hydrogen-bond donors (Lipinski definition) is 0. The fraction of sp³-hybridized carbons (Fsp3) is 0.185. The lowest BCUT2D eigenvalue weighted by atomic mass is 9.78. The Labute approximate surface area is 180 Å². The SMILES string of the molecule is CC1=CC(C)(c2c(Cl)cccc2P(c2ccccc2)c2ccccc2)C(C)=C1C. The van der Waals surface area contributed by atoms with Gasteiger partial charge in [0.15, 0.2) is 0 Å². The summed E-state index contributed by atoms with van der Waals surface area (Å²) in [6, 6.07) is 28.1. The Morgan fingerprint density at radius 3 is 1.76 bits per heavy atom. The summed E-state index contributed by atoms with van der Waals surface area (Å²) in [5.74, 6) is 0. The van der Waals surface area contributed by atoms with Gasteiger partial charge >= 0.3 is 0 Å². The van der Waals surface area contributed by atoms with E-state index in [9.17, 15) is 0 Å². The maximum atomic E-state index is 6.94. The number of hydrogen-bond acceptors (Lipinski definition) is 0. The van der Waals surface area contributed by atoms with Gasteiger partial charge in [-0.25, -0.2) is 0 Å². The highest BCUT2D eigenvalue weighted by Gasteiger charge is 2.37. The molecule has 1 unspecified atom stereocenters. The third-order valence-corrected chi connectivity index (χ3v) is 9.02. The minimum absolute atomic E-state index is 0.189. The summed E-state index contributed by atoms with van der Waals surface area (Å²) >= 11 is 6.94. The van der Waals surface area contributed by atoms with Gasteiger partial charge in [-0.3, -0.25) is 0 Å². The molecular weight excluding hydrogens is 391 g/mol. The van der Waals surface area contributed by atoms with Crippen LogP contribution in [0.5, 0.6) is 0 Å². The van der Waals surface area contributed by atoms with Crippen LogP contribution in [0.1, 0.15) is 33.3 Å². The van der Waals surface area contributed by atoms with E-state index in [1.54, 1.807) is 0 Å². The molecule has 0 saturated heterocycles. The average molecular weight is 417 g/mol. The van der Waals surface area contributed by atoms with E-state index < -0.39 is 7.92 Å². The number of rotatable bonds is 4. The van der Waals surface area contributed by atoms with Crippen LogP contribution >= 0.6 is 19.5 Å². The molecule has 0 fully saturated rings. The molecule has 0 aliphatic heterocycles. The van der Waals surface area contributed by atoms with Gasteiger partial charge in [0.25, 0.3) is 0 Å². The van der Waals surface area contributed by atoms with Crippen LogP contribution < -0.4 is 15.9 Å². The smallest absolute Gasteiger partial charge is 0.0456 e. The van der Waals surface area contributed by atoms with Crippen LogP contribution in [-0.2, 0) is 5.41 Å². The molecular formula is C27H26ClP. The van der Waals surface area contributed by atoms with Crippen LogP contribution in [0.2, 0.25) is 5.02 Å². The Morgan fingerprint density at radius 1 is 0.724 bits per heavy atom. The van der Waals surface area contributed by atoms with Gasteiger partial charge in [-0.05, 0) is 68.7 Å². The fourth-order valence-corrected chi connectivity index (χ4v) is 7.43. The molecule has 0 spiro atoms. The third kappa shape index (κ3) is 3.50. The highest BCUT2D eigenvalue weighted by atomic mass is 35.5. The van der Waals surface area contributed by atoms with Crippen LogP contribution in [0.3, 0.4) is 0 Å². The molecule has 0 N–H and O–H groups in total. The average Bonchev–Trinajstić information content (AvgIpc) is 2.93. The number of halogens is 1. The van der Waals surface area contributed by atoms with Gasteiger partial charge in [0.2, 0.25) is 0 Å². The molecule has 0 radical (unpaired) electrons. The second-order valence-electron chi connectivity index (χ2n) is 7.92. The summed E-state index contributed by atoms with van der Waals surface area (Å²) in [6.45, 7) is 9.00. The summed E-state index contributed by atoms with van der Waals surface area (Å²) in [4.78, 5) is 0. The predicted octanol–water partition coefficient (Wildman–Crippen LogP) is 6.65. The molecule has 2 heteroatoms. The van der Waals surface area contributed by atoms with Crippen molar-refractivity contribution in [2.75, 3.05) is 0 Å². The first-order valence-corrected chi connectivity index (χ1v) is 11.7. The van der Waals surface area contributed by atoms with Gasteiger partial charge in [-0.1, -0.05) is 102 Å². The zero-order valence-electron chi connectivity index (χ0n) is 17.4. The van der Waals surface area contributed by atoms with Crippen LogP contribution in [0, 0.1) is 0 Å². The number of benzene rings is 3. The Balaban J connectivity index is 2.01. The molecule has 1 aliphatic rings. The highest BCUT2D eigenvalue weighted by molar-refractivity contribution is 7.80. The van der Waals surface area contributed by atoms with Crippen LogP contribution in [0.15, 0.2) is 102 Å². The molecule has 0 aromatic heterocycles. The standard InChI is InChI=1S/C27H26ClP/c1-19-18-27(4,21(3)20(19)2)26-24(28)16-11-17-25(26)29(22-12-7-5-8-13-22)23-14-9-6-10-15-23/h5-18H,1-4H3. The molecule has 0 heterocycles. The molecule has 0 bridgehead atoms. The van der Waals surface area contributed by atoms with Crippen LogP contribution in [-0.4, -0.2) is 0 Å². The van der Waals surface area contributed by atoms with Crippen molar-refractivity contribution in [3.05, 3.63) is 112 Å². The van der Waals surface area contributed by atoms with Crippen molar-refractivity contribution in [3.8, 4) is 0 Å². The topological polar surface area (TPSA) is 0 Å². The van der Waals surface area contributed by atoms with Gasteiger partial charge in [-0.15, -0.1) is 0 Å². The first kappa shape index (κ1) is 20.1. The van der Waals surface area contributed by atoms with Crippen molar-refractivity contribution in [2.24, 2.45) is 0 Å². The third-order valence-electron chi connectivity index (χ3n) is 6.22. The summed E-state index contributed by atoms with van der Waals surface area (Å²) < 4.78 is 0. The maximum absolute atomic E-state index is 6.94. The molecule has 0 saturated carbocycles. The van der Waals surface area contributed by atoms with Crippen molar-refractivity contribution in [2.45, 2.75) is 33.1 Å². The van der Waals surface area contributed by atoms with E-state index in [1.165, 1.54) is 38.2 Å². The van der Waals surface area contributed by atoms with Gasteiger partial charge in [0.1, 0.15) is 0 Å². The minimum atomic E-state index is -0.715. The van der Waals surface area contributed by atoms with Gasteiger partial charge in [-0.2, -0.15) is 0 Å². The Kier molecular flexibility index (Phi) is 5.52. The molecule has 4 rings (SSSR count). The predicted molar refractivity (Wildman–Crippen MR) is 130 cm³/mol. The Morgan fingerprint density at radius 2 is 1.28 bits per heavy atom. The van der Waals surface area contributed by atoms with Crippen molar-refractivity contribution >= 4 is 35.4 Å². The van der Waals surface area contributed by atoms with Crippen molar-refractivity contribution < 1.29 is 0 Å². The second-order valence-corrected chi connectivity index (χ2v) is 10.5. The largest absolute Gasteiger partial charge is 0.0840 e. The molecule has 29 heavy (non-hydrogen) atoms. The van der Waals surface area contributed by atoms with Gasteiger partial charge in [0.05, 0.1) is 0 Å². The Bertz CT molecular complexity index is 1060. The normalized spacial score (nSPS) is 19.0. The molecule has 1 aliphatic carbocycles. The first-order valence-electron chi connectivity index (χ1n) is 10.0. The maximum Gasteiger partial charge on any atom is 0.0456 e. The van der Waals surface area contributed by atoms with E-state index in [0.717, 1.165) is 5.02 Å². The summed E-state index contributed by atoms with van der Waals surface area (Å²) in [5.41, 5.74) is 5.17. The highest BCUT2D eigenvalue weighted by Crippen LogP contribution is 2.48. The summed E-state index contributed by atoms with van der Waals surface area (Å²) in [5, 5.41) is 4.88.